The number of hydrogen-bond donors (Lipinski definition) is 2. The molecular weight excluding hydrogens is 252 g/mol. The third-order valence-corrected chi connectivity index (χ3v) is 2.65. The molecule has 0 spiro atoms. The Labute approximate surface area is 116 Å². The summed E-state index contributed by atoms with van der Waals surface area (Å²) in [6.45, 7) is 0. The molecular formula is C15H12N4O. The first kappa shape index (κ1) is 13.3. The Hall–Kier alpha value is -3.13. The number of primary amides is 1. The zero-order valence-electron chi connectivity index (χ0n) is 10.6. The molecule has 0 aliphatic carbocycles. The largest absolute Gasteiger partial charge is 0.350 e. The summed E-state index contributed by atoms with van der Waals surface area (Å²) in [6, 6.07) is 16.4. The number of carbonyl (C=O) groups excluding carboxylic acids is 1. The molecule has 2 aromatic carbocycles. The van der Waals surface area contributed by atoms with E-state index in [2.05, 4.69) is 16.6 Å². The third kappa shape index (κ3) is 3.43. The maximum Gasteiger partial charge on any atom is 0.332 e. The van der Waals surface area contributed by atoms with Gasteiger partial charge in [-0.2, -0.15) is 10.4 Å². The highest BCUT2D eigenvalue weighted by Gasteiger charge is 1.98. The Balaban J connectivity index is 2.13. The van der Waals surface area contributed by atoms with E-state index in [1.165, 1.54) is 6.21 Å². The molecule has 0 radical (unpaired) electrons. The Morgan fingerprint density at radius 1 is 1.10 bits per heavy atom. The van der Waals surface area contributed by atoms with Crippen LogP contribution in [0.1, 0.15) is 11.1 Å². The lowest BCUT2D eigenvalue weighted by Crippen LogP contribution is -2.24. The number of nitrogens with zero attached hydrogens (tertiary/aromatic N) is 2. The first-order chi connectivity index (χ1) is 9.69. The molecule has 2 rings (SSSR count). The number of benzene rings is 2. The van der Waals surface area contributed by atoms with Crippen LogP contribution in [0.3, 0.4) is 0 Å². The third-order valence-electron chi connectivity index (χ3n) is 2.65. The fourth-order valence-electron chi connectivity index (χ4n) is 1.67. The molecule has 0 bridgehead atoms. The number of nitrogens with two attached hydrogens (primary N) is 1. The molecule has 0 aliphatic rings. The number of rotatable bonds is 3. The van der Waals surface area contributed by atoms with Crippen molar-refractivity contribution in [2.24, 2.45) is 10.8 Å². The SMILES string of the molecule is N#Cc1ccc(-c2ccc(C=NNC(N)=O)cc2)cc1. The van der Waals surface area contributed by atoms with E-state index in [1.807, 2.05) is 36.4 Å². The molecule has 20 heavy (non-hydrogen) atoms. The number of carbonyl (C=O) groups is 1. The van der Waals surface area contributed by atoms with Gasteiger partial charge in [0.15, 0.2) is 0 Å². The molecule has 0 aromatic heterocycles. The second-order valence-electron chi connectivity index (χ2n) is 4.05. The van der Waals surface area contributed by atoms with Crippen LogP contribution in [-0.4, -0.2) is 12.2 Å². The second-order valence-corrected chi connectivity index (χ2v) is 4.05. The Morgan fingerprint density at radius 2 is 1.65 bits per heavy atom. The van der Waals surface area contributed by atoms with E-state index in [9.17, 15) is 4.79 Å². The monoisotopic (exact) mass is 264 g/mol. The molecule has 2 amide bonds. The Kier molecular flexibility index (Phi) is 4.10. The van der Waals surface area contributed by atoms with Crippen molar-refractivity contribution in [2.75, 3.05) is 0 Å². The van der Waals surface area contributed by atoms with E-state index in [0.29, 0.717) is 5.56 Å². The van der Waals surface area contributed by atoms with Gasteiger partial charge in [-0.15, -0.1) is 0 Å². The van der Waals surface area contributed by atoms with Gasteiger partial charge in [0.05, 0.1) is 17.8 Å². The minimum absolute atomic E-state index is 0.634. The van der Waals surface area contributed by atoms with Crippen LogP contribution in [0.5, 0.6) is 0 Å². The Morgan fingerprint density at radius 3 is 2.15 bits per heavy atom. The highest BCUT2D eigenvalue weighted by Crippen LogP contribution is 2.19. The predicted molar refractivity (Wildman–Crippen MR) is 76.9 cm³/mol. The number of urea groups is 1. The highest BCUT2D eigenvalue weighted by atomic mass is 16.2. The van der Waals surface area contributed by atoms with Gasteiger partial charge in [-0.25, -0.2) is 10.2 Å². The second kappa shape index (κ2) is 6.16. The van der Waals surface area contributed by atoms with E-state index in [0.717, 1.165) is 16.7 Å². The van der Waals surface area contributed by atoms with E-state index < -0.39 is 6.03 Å². The summed E-state index contributed by atoms with van der Waals surface area (Å²) >= 11 is 0. The van der Waals surface area contributed by atoms with Crippen molar-refractivity contribution in [3.63, 3.8) is 0 Å². The van der Waals surface area contributed by atoms with Gasteiger partial charge in [0, 0.05) is 0 Å². The molecule has 0 atom stereocenters. The normalized spacial score (nSPS) is 10.2. The number of nitriles is 1. The zero-order chi connectivity index (χ0) is 14.4. The molecule has 0 saturated carbocycles. The van der Waals surface area contributed by atoms with Crippen LogP contribution in [0.2, 0.25) is 0 Å². The lowest BCUT2D eigenvalue weighted by atomic mass is 10.0. The molecule has 0 fully saturated rings. The summed E-state index contributed by atoms with van der Waals surface area (Å²) in [5.41, 5.74) is 10.6. The van der Waals surface area contributed by atoms with E-state index >= 15 is 0 Å². The molecule has 5 nitrogen and oxygen atoms in total. The van der Waals surface area contributed by atoms with Gasteiger partial charge in [0.2, 0.25) is 0 Å². The van der Waals surface area contributed by atoms with Crippen LogP contribution in [0.25, 0.3) is 11.1 Å². The number of nitrogens with one attached hydrogen (secondary N) is 1. The summed E-state index contributed by atoms with van der Waals surface area (Å²) < 4.78 is 0. The predicted octanol–water partition coefficient (Wildman–Crippen LogP) is 2.23. The first-order valence-corrected chi connectivity index (χ1v) is 5.88. The van der Waals surface area contributed by atoms with Gasteiger partial charge in [-0.1, -0.05) is 36.4 Å². The van der Waals surface area contributed by atoms with Gasteiger partial charge in [-0.3, -0.25) is 0 Å². The van der Waals surface area contributed by atoms with Crippen molar-refractivity contribution in [3.05, 3.63) is 59.7 Å². The average molecular weight is 264 g/mol. The fraction of sp³-hybridized carbons (Fsp3) is 0. The summed E-state index contributed by atoms with van der Waals surface area (Å²) in [5, 5.41) is 12.4. The van der Waals surface area contributed by atoms with Gasteiger partial charge in [0.25, 0.3) is 0 Å². The van der Waals surface area contributed by atoms with Gasteiger partial charge in [0.1, 0.15) is 0 Å². The average Bonchev–Trinajstić information content (AvgIpc) is 2.48. The highest BCUT2D eigenvalue weighted by molar-refractivity contribution is 5.82. The molecule has 2 aromatic rings. The minimum Gasteiger partial charge on any atom is -0.350 e. The van der Waals surface area contributed by atoms with Crippen molar-refractivity contribution < 1.29 is 4.79 Å². The summed E-state index contributed by atoms with van der Waals surface area (Å²) in [4.78, 5) is 10.5. The van der Waals surface area contributed by atoms with Crippen LogP contribution >= 0.6 is 0 Å². The van der Waals surface area contributed by atoms with Crippen molar-refractivity contribution in [1.82, 2.24) is 5.43 Å². The van der Waals surface area contributed by atoms with Crippen LogP contribution in [0.4, 0.5) is 4.79 Å². The first-order valence-electron chi connectivity index (χ1n) is 5.88. The molecule has 0 aliphatic heterocycles. The Bertz CT molecular complexity index is 667. The van der Waals surface area contributed by atoms with Crippen molar-refractivity contribution in [3.8, 4) is 17.2 Å². The van der Waals surface area contributed by atoms with E-state index in [4.69, 9.17) is 11.0 Å². The standard InChI is InChI=1S/C15H12N4O/c16-9-11-1-5-13(6-2-11)14-7-3-12(4-8-14)10-18-19-15(17)20/h1-8,10H,(H3,17,19,20). The van der Waals surface area contributed by atoms with Crippen molar-refractivity contribution >= 4 is 12.2 Å². The van der Waals surface area contributed by atoms with E-state index in [1.54, 1.807) is 12.1 Å². The van der Waals surface area contributed by atoms with Crippen LogP contribution in [0.15, 0.2) is 53.6 Å². The molecule has 5 heteroatoms. The van der Waals surface area contributed by atoms with Crippen molar-refractivity contribution in [1.29, 1.82) is 5.26 Å². The molecule has 0 saturated heterocycles. The quantitative estimate of drug-likeness (QED) is 0.657. The summed E-state index contributed by atoms with van der Waals surface area (Å²) in [6.07, 6.45) is 1.51. The van der Waals surface area contributed by atoms with Crippen LogP contribution < -0.4 is 11.2 Å². The summed E-state index contributed by atoms with van der Waals surface area (Å²) in [5.74, 6) is 0. The maximum absolute atomic E-state index is 10.5. The fourth-order valence-corrected chi connectivity index (χ4v) is 1.67. The zero-order valence-corrected chi connectivity index (χ0v) is 10.6. The maximum atomic E-state index is 10.5. The minimum atomic E-state index is -0.699. The molecule has 3 N–H and O–H groups in total. The van der Waals surface area contributed by atoms with Gasteiger partial charge < -0.3 is 5.73 Å². The molecule has 98 valence electrons. The van der Waals surface area contributed by atoms with Crippen LogP contribution in [-0.2, 0) is 0 Å². The van der Waals surface area contributed by atoms with Gasteiger partial charge in [-0.05, 0) is 28.8 Å². The number of hydrazone groups is 1. The van der Waals surface area contributed by atoms with Crippen LogP contribution in [0, 0.1) is 11.3 Å². The lowest BCUT2D eigenvalue weighted by Gasteiger charge is -2.02. The smallest absolute Gasteiger partial charge is 0.332 e. The van der Waals surface area contributed by atoms with E-state index in [-0.39, 0.29) is 0 Å². The number of hydrogen-bond acceptors (Lipinski definition) is 3. The number of amides is 2. The lowest BCUT2D eigenvalue weighted by molar-refractivity contribution is 0.249. The molecule has 0 unspecified atom stereocenters. The van der Waals surface area contributed by atoms with Gasteiger partial charge >= 0.3 is 6.03 Å². The topological polar surface area (TPSA) is 91.3 Å². The summed E-state index contributed by atoms with van der Waals surface area (Å²) in [7, 11) is 0. The van der Waals surface area contributed by atoms with Crippen molar-refractivity contribution in [2.45, 2.75) is 0 Å². The molecule has 0 heterocycles.